The number of carbonyl (C=O) groups excluding carboxylic acids is 1. The summed E-state index contributed by atoms with van der Waals surface area (Å²) in [5.41, 5.74) is 0.531. The molecule has 0 bridgehead atoms. The maximum atomic E-state index is 12.0. The third-order valence-corrected chi connectivity index (χ3v) is 5.40. The van der Waals surface area contributed by atoms with Crippen molar-refractivity contribution in [3.63, 3.8) is 0 Å². The maximum Gasteiger partial charge on any atom is 0.254 e. The number of hydrogen-bond donors (Lipinski definition) is 1. The normalized spacial score (nSPS) is 19.9. The van der Waals surface area contributed by atoms with Gasteiger partial charge in [0, 0.05) is 53.0 Å². The molecular formula is C18H28ClN5O. The number of halogens is 1. The Labute approximate surface area is 155 Å². The van der Waals surface area contributed by atoms with Crippen LogP contribution in [-0.2, 0) is 0 Å². The molecule has 3 rings (SSSR count). The molecule has 6 nitrogen and oxygen atoms in total. The lowest BCUT2D eigenvalue weighted by molar-refractivity contribution is 0.0827. The van der Waals surface area contributed by atoms with Crippen LogP contribution in [0.15, 0.2) is 12.3 Å². The largest absolute Gasteiger partial charge is 0.353 e. The van der Waals surface area contributed by atoms with Crippen molar-refractivity contribution < 1.29 is 4.79 Å². The molecule has 7 heteroatoms. The Balaban J connectivity index is 1.56. The van der Waals surface area contributed by atoms with Crippen molar-refractivity contribution in [2.24, 2.45) is 5.92 Å². The number of nitrogens with one attached hydrogen (secondary N) is 1. The summed E-state index contributed by atoms with van der Waals surface area (Å²) in [6.07, 6.45) is 4.20. The minimum absolute atomic E-state index is 0.0762. The van der Waals surface area contributed by atoms with Crippen LogP contribution in [0.5, 0.6) is 0 Å². The molecule has 2 fully saturated rings. The number of piperazine rings is 1. The van der Waals surface area contributed by atoms with Crippen molar-refractivity contribution in [1.29, 1.82) is 0 Å². The molecular weight excluding hydrogens is 338 g/mol. The van der Waals surface area contributed by atoms with Crippen LogP contribution < -0.4 is 10.2 Å². The Hall–Kier alpha value is -1.37. The highest BCUT2D eigenvalue weighted by Gasteiger charge is 2.23. The van der Waals surface area contributed by atoms with Crippen molar-refractivity contribution >= 4 is 23.3 Å². The second-order valence-electron chi connectivity index (χ2n) is 7.21. The van der Waals surface area contributed by atoms with E-state index in [1.54, 1.807) is 26.4 Å². The van der Waals surface area contributed by atoms with E-state index in [-0.39, 0.29) is 5.91 Å². The van der Waals surface area contributed by atoms with Crippen LogP contribution in [0.4, 0.5) is 5.82 Å². The zero-order valence-electron chi connectivity index (χ0n) is 15.2. The fraction of sp³-hybridized carbons (Fsp3) is 0.667. The second-order valence-corrected chi connectivity index (χ2v) is 7.62. The molecule has 2 saturated heterocycles. The van der Waals surface area contributed by atoms with Gasteiger partial charge in [-0.15, -0.1) is 0 Å². The molecule has 2 aliphatic heterocycles. The Bertz CT molecular complexity index is 595. The number of pyridine rings is 1. The zero-order valence-corrected chi connectivity index (χ0v) is 15.9. The summed E-state index contributed by atoms with van der Waals surface area (Å²) >= 11 is 6.41. The quantitative estimate of drug-likeness (QED) is 0.877. The monoisotopic (exact) mass is 365 g/mol. The highest BCUT2D eigenvalue weighted by atomic mass is 35.5. The standard InChI is InChI=1S/C18H28ClN5O/c1-22(2)18(25)15-11-16(19)17(21-12-15)24-9-7-23(8-10-24)13-14-3-5-20-6-4-14/h11-12,14,20H,3-10,13H2,1-2H3. The molecule has 0 unspecified atom stereocenters. The Morgan fingerprint density at radius 1 is 1.28 bits per heavy atom. The zero-order chi connectivity index (χ0) is 17.8. The van der Waals surface area contributed by atoms with Crippen LogP contribution >= 0.6 is 11.6 Å². The molecule has 2 aliphatic rings. The predicted octanol–water partition coefficient (Wildman–Crippen LogP) is 1.56. The van der Waals surface area contributed by atoms with Gasteiger partial charge in [0.25, 0.3) is 5.91 Å². The highest BCUT2D eigenvalue weighted by molar-refractivity contribution is 6.33. The number of hydrogen-bond acceptors (Lipinski definition) is 5. The van der Waals surface area contributed by atoms with Crippen molar-refractivity contribution in [2.45, 2.75) is 12.8 Å². The number of rotatable bonds is 4. The molecule has 0 spiro atoms. The molecule has 0 saturated carbocycles. The van der Waals surface area contributed by atoms with E-state index < -0.39 is 0 Å². The van der Waals surface area contributed by atoms with E-state index in [4.69, 9.17) is 11.6 Å². The molecule has 0 aliphatic carbocycles. The van der Waals surface area contributed by atoms with Crippen LogP contribution in [0.25, 0.3) is 0 Å². The molecule has 0 radical (unpaired) electrons. The lowest BCUT2D eigenvalue weighted by atomic mass is 9.97. The fourth-order valence-corrected chi connectivity index (χ4v) is 3.90. The number of piperidine rings is 1. The summed E-state index contributed by atoms with van der Waals surface area (Å²) in [5, 5.41) is 3.98. The molecule has 1 amide bonds. The van der Waals surface area contributed by atoms with Crippen molar-refractivity contribution in [3.05, 3.63) is 22.8 Å². The third kappa shape index (κ3) is 4.63. The van der Waals surface area contributed by atoms with E-state index in [0.717, 1.165) is 51.0 Å². The molecule has 1 N–H and O–H groups in total. The van der Waals surface area contributed by atoms with E-state index >= 15 is 0 Å². The Morgan fingerprint density at radius 3 is 2.56 bits per heavy atom. The van der Waals surface area contributed by atoms with Crippen LogP contribution in [0.2, 0.25) is 5.02 Å². The summed E-state index contributed by atoms with van der Waals surface area (Å²) in [6.45, 7) is 7.45. The summed E-state index contributed by atoms with van der Waals surface area (Å²) in [5.74, 6) is 1.54. The first-order chi connectivity index (χ1) is 12.0. The number of nitrogens with zero attached hydrogens (tertiary/aromatic N) is 4. The minimum Gasteiger partial charge on any atom is -0.353 e. The van der Waals surface area contributed by atoms with Gasteiger partial charge in [0.1, 0.15) is 5.82 Å². The van der Waals surface area contributed by atoms with Crippen molar-refractivity contribution in [3.8, 4) is 0 Å². The summed E-state index contributed by atoms with van der Waals surface area (Å²) in [6, 6.07) is 1.73. The van der Waals surface area contributed by atoms with E-state index in [1.165, 1.54) is 24.3 Å². The van der Waals surface area contributed by atoms with Gasteiger partial charge in [0.05, 0.1) is 10.6 Å². The van der Waals surface area contributed by atoms with Crippen molar-refractivity contribution in [1.82, 2.24) is 20.1 Å². The predicted molar refractivity (Wildman–Crippen MR) is 102 cm³/mol. The molecule has 3 heterocycles. The summed E-state index contributed by atoms with van der Waals surface area (Å²) in [7, 11) is 3.46. The molecule has 0 atom stereocenters. The number of aromatic nitrogens is 1. The number of carbonyl (C=O) groups is 1. The van der Waals surface area contributed by atoms with Crippen LogP contribution in [0, 0.1) is 5.92 Å². The van der Waals surface area contributed by atoms with Gasteiger partial charge in [-0.05, 0) is 37.9 Å². The molecule has 1 aromatic heterocycles. The first kappa shape index (κ1) is 18.4. The van der Waals surface area contributed by atoms with Gasteiger partial charge in [0.15, 0.2) is 0 Å². The lowest BCUT2D eigenvalue weighted by Gasteiger charge is -2.38. The maximum absolute atomic E-state index is 12.0. The molecule has 1 aromatic rings. The van der Waals surface area contributed by atoms with E-state index in [1.807, 2.05) is 0 Å². The topological polar surface area (TPSA) is 51.7 Å². The van der Waals surface area contributed by atoms with Gasteiger partial charge in [0.2, 0.25) is 0 Å². The average Bonchev–Trinajstić information content (AvgIpc) is 2.62. The highest BCUT2D eigenvalue weighted by Crippen LogP contribution is 2.26. The average molecular weight is 366 g/mol. The molecule has 138 valence electrons. The summed E-state index contributed by atoms with van der Waals surface area (Å²) < 4.78 is 0. The minimum atomic E-state index is -0.0762. The Kier molecular flexibility index (Phi) is 6.15. The van der Waals surface area contributed by atoms with Gasteiger partial charge in [-0.25, -0.2) is 4.98 Å². The first-order valence-corrected chi connectivity index (χ1v) is 9.47. The smallest absolute Gasteiger partial charge is 0.254 e. The van der Waals surface area contributed by atoms with Gasteiger partial charge < -0.3 is 15.1 Å². The number of anilines is 1. The van der Waals surface area contributed by atoms with E-state index in [2.05, 4.69) is 20.1 Å². The molecule has 25 heavy (non-hydrogen) atoms. The Morgan fingerprint density at radius 2 is 1.96 bits per heavy atom. The fourth-order valence-electron chi connectivity index (χ4n) is 3.61. The van der Waals surface area contributed by atoms with Crippen molar-refractivity contribution in [2.75, 3.05) is 64.8 Å². The van der Waals surface area contributed by atoms with Gasteiger partial charge in [-0.1, -0.05) is 11.6 Å². The van der Waals surface area contributed by atoms with Gasteiger partial charge in [-0.3, -0.25) is 9.69 Å². The van der Waals surface area contributed by atoms with Crippen LogP contribution in [0.1, 0.15) is 23.2 Å². The molecule has 0 aromatic carbocycles. The van der Waals surface area contributed by atoms with Gasteiger partial charge in [-0.2, -0.15) is 0 Å². The van der Waals surface area contributed by atoms with E-state index in [9.17, 15) is 4.79 Å². The van der Waals surface area contributed by atoms with Gasteiger partial charge >= 0.3 is 0 Å². The lowest BCUT2D eigenvalue weighted by Crippen LogP contribution is -2.49. The summed E-state index contributed by atoms with van der Waals surface area (Å²) in [4.78, 5) is 22.8. The van der Waals surface area contributed by atoms with Crippen LogP contribution in [0.3, 0.4) is 0 Å². The van der Waals surface area contributed by atoms with E-state index in [0.29, 0.717) is 10.6 Å². The number of amides is 1. The second kappa shape index (κ2) is 8.34. The third-order valence-electron chi connectivity index (χ3n) is 5.12. The first-order valence-electron chi connectivity index (χ1n) is 9.10. The van der Waals surface area contributed by atoms with Crippen LogP contribution in [-0.4, -0.2) is 80.6 Å². The SMILES string of the molecule is CN(C)C(=O)c1cnc(N2CCN(CC3CCNCC3)CC2)c(Cl)c1.